The largest absolute Gasteiger partial charge is 0.510 e. The van der Waals surface area contributed by atoms with Gasteiger partial charge in [-0.1, -0.05) is 37.1 Å². The van der Waals surface area contributed by atoms with Crippen molar-refractivity contribution < 1.29 is 24.6 Å². The van der Waals surface area contributed by atoms with Crippen molar-refractivity contribution in [3.63, 3.8) is 0 Å². The fraction of sp³-hybridized carbons (Fsp3) is 0.500. The van der Waals surface area contributed by atoms with Crippen LogP contribution < -0.4 is 0 Å². The average Bonchev–Trinajstić information content (AvgIpc) is 2.60. The van der Waals surface area contributed by atoms with Crippen molar-refractivity contribution in [1.82, 2.24) is 0 Å². The second-order valence-corrected chi connectivity index (χ2v) is 7.38. The Hall–Kier alpha value is -2.43. The number of carbonyl (C=O) groups is 3. The third kappa shape index (κ3) is 4.46. The van der Waals surface area contributed by atoms with Crippen LogP contribution in [0.25, 0.3) is 0 Å². The lowest BCUT2D eigenvalue weighted by molar-refractivity contribution is -0.128. The standard InChI is InChI=1S/C22H30O5/c1-7-15(23)17-19(25)18(16(24)8-2)21(27)22(20(17)26,11-9-13(3)4)12-10-14(5)6/h9-10,25-26H,7-8,11-12H2,1-6H3. The molecule has 1 aliphatic carbocycles. The van der Waals surface area contributed by atoms with Crippen LogP contribution in [0, 0.1) is 5.41 Å². The Labute approximate surface area is 161 Å². The summed E-state index contributed by atoms with van der Waals surface area (Å²) in [7, 11) is 0. The molecule has 0 aromatic heterocycles. The minimum Gasteiger partial charge on any atom is -0.510 e. The molecule has 1 aliphatic rings. The lowest BCUT2D eigenvalue weighted by Crippen LogP contribution is -2.41. The molecule has 0 spiro atoms. The number of hydrogen-bond acceptors (Lipinski definition) is 5. The van der Waals surface area contributed by atoms with Crippen molar-refractivity contribution in [2.45, 2.75) is 67.2 Å². The summed E-state index contributed by atoms with van der Waals surface area (Å²) in [5.74, 6) is -2.81. The van der Waals surface area contributed by atoms with E-state index in [4.69, 9.17) is 0 Å². The quantitative estimate of drug-likeness (QED) is 0.468. The van der Waals surface area contributed by atoms with Gasteiger partial charge >= 0.3 is 0 Å². The zero-order valence-corrected chi connectivity index (χ0v) is 17.1. The SMILES string of the molecule is CCC(=O)C1=C(O)C(C(=O)CC)=C(O)C(CC=C(C)C)(CC=C(C)C)C1=O. The summed E-state index contributed by atoms with van der Waals surface area (Å²) in [5, 5.41) is 21.5. The van der Waals surface area contributed by atoms with Gasteiger partial charge in [-0.15, -0.1) is 0 Å². The molecule has 0 heterocycles. The van der Waals surface area contributed by atoms with Gasteiger partial charge in [-0.3, -0.25) is 14.4 Å². The van der Waals surface area contributed by atoms with E-state index >= 15 is 0 Å². The summed E-state index contributed by atoms with van der Waals surface area (Å²) in [6.45, 7) is 10.7. The predicted octanol–water partition coefficient (Wildman–Crippen LogP) is 4.85. The molecule has 0 bridgehead atoms. The smallest absolute Gasteiger partial charge is 0.184 e. The summed E-state index contributed by atoms with van der Waals surface area (Å²) in [4.78, 5) is 38.2. The molecule has 5 nitrogen and oxygen atoms in total. The fourth-order valence-electron chi connectivity index (χ4n) is 3.03. The van der Waals surface area contributed by atoms with E-state index in [0.29, 0.717) is 0 Å². The number of allylic oxidation sites excluding steroid dienone is 7. The van der Waals surface area contributed by atoms with Gasteiger partial charge in [0, 0.05) is 12.8 Å². The number of Topliss-reactive ketones (excluding diaryl/α,β-unsaturated/α-hetero) is 3. The third-order valence-electron chi connectivity index (χ3n) is 4.74. The molecule has 27 heavy (non-hydrogen) atoms. The van der Waals surface area contributed by atoms with E-state index in [2.05, 4.69) is 0 Å². The highest BCUT2D eigenvalue weighted by Gasteiger charge is 2.51. The van der Waals surface area contributed by atoms with Crippen molar-refractivity contribution in [2.24, 2.45) is 5.41 Å². The van der Waals surface area contributed by atoms with E-state index in [1.165, 1.54) is 0 Å². The summed E-state index contributed by atoms with van der Waals surface area (Å²) in [6, 6.07) is 0. The molecule has 1 rings (SSSR count). The number of hydrogen-bond donors (Lipinski definition) is 2. The van der Waals surface area contributed by atoms with Crippen LogP contribution in [0.15, 0.2) is 46.0 Å². The average molecular weight is 374 g/mol. The second kappa shape index (κ2) is 8.98. The Morgan fingerprint density at radius 3 is 1.63 bits per heavy atom. The Morgan fingerprint density at radius 2 is 1.26 bits per heavy atom. The Kier molecular flexibility index (Phi) is 7.52. The number of carbonyl (C=O) groups excluding carboxylic acids is 3. The summed E-state index contributed by atoms with van der Waals surface area (Å²) < 4.78 is 0. The van der Waals surface area contributed by atoms with Crippen molar-refractivity contribution in [3.05, 3.63) is 46.0 Å². The van der Waals surface area contributed by atoms with Gasteiger partial charge in [0.25, 0.3) is 0 Å². The molecule has 148 valence electrons. The fourth-order valence-corrected chi connectivity index (χ4v) is 3.03. The Bertz CT molecular complexity index is 747. The van der Waals surface area contributed by atoms with Crippen molar-refractivity contribution >= 4 is 17.3 Å². The molecular weight excluding hydrogens is 344 g/mol. The Morgan fingerprint density at radius 1 is 0.852 bits per heavy atom. The molecule has 0 fully saturated rings. The first-order chi connectivity index (χ1) is 12.5. The first-order valence-corrected chi connectivity index (χ1v) is 9.28. The third-order valence-corrected chi connectivity index (χ3v) is 4.74. The topological polar surface area (TPSA) is 91.7 Å². The summed E-state index contributed by atoms with van der Waals surface area (Å²) in [6.07, 6.45) is 3.93. The zero-order chi connectivity index (χ0) is 20.9. The molecule has 0 aromatic rings. The molecule has 0 saturated heterocycles. The van der Waals surface area contributed by atoms with Gasteiger partial charge < -0.3 is 10.2 Å². The summed E-state index contributed by atoms with van der Waals surface area (Å²) in [5.41, 5.74) is -0.272. The number of ketones is 3. The summed E-state index contributed by atoms with van der Waals surface area (Å²) >= 11 is 0. The van der Waals surface area contributed by atoms with Crippen LogP contribution >= 0.6 is 0 Å². The van der Waals surface area contributed by atoms with Crippen LogP contribution in [0.3, 0.4) is 0 Å². The van der Waals surface area contributed by atoms with Crippen LogP contribution in [0.2, 0.25) is 0 Å². The maximum absolute atomic E-state index is 13.3. The molecular formula is C22H30O5. The lowest BCUT2D eigenvalue weighted by atomic mass is 9.66. The first kappa shape index (κ1) is 22.6. The maximum Gasteiger partial charge on any atom is 0.184 e. The van der Waals surface area contributed by atoms with Gasteiger partial charge in [0.05, 0.1) is 11.0 Å². The van der Waals surface area contributed by atoms with E-state index in [9.17, 15) is 24.6 Å². The molecule has 0 aliphatic heterocycles. The van der Waals surface area contributed by atoms with Crippen LogP contribution in [-0.4, -0.2) is 27.6 Å². The van der Waals surface area contributed by atoms with Gasteiger partial charge in [-0.2, -0.15) is 0 Å². The van der Waals surface area contributed by atoms with Crippen molar-refractivity contribution in [3.8, 4) is 0 Å². The highest BCUT2D eigenvalue weighted by Crippen LogP contribution is 2.46. The minimum absolute atomic E-state index is 0.0147. The molecule has 5 heteroatoms. The number of rotatable bonds is 8. The lowest BCUT2D eigenvalue weighted by Gasteiger charge is -2.35. The molecule has 0 aromatic carbocycles. The second-order valence-electron chi connectivity index (χ2n) is 7.38. The van der Waals surface area contributed by atoms with Crippen molar-refractivity contribution in [1.29, 1.82) is 0 Å². The van der Waals surface area contributed by atoms with Crippen LogP contribution in [-0.2, 0) is 14.4 Å². The highest BCUT2D eigenvalue weighted by atomic mass is 16.3. The highest BCUT2D eigenvalue weighted by molar-refractivity contribution is 6.26. The van der Waals surface area contributed by atoms with Crippen LogP contribution in [0.4, 0.5) is 0 Å². The van der Waals surface area contributed by atoms with Gasteiger partial charge in [0.15, 0.2) is 17.3 Å². The van der Waals surface area contributed by atoms with Crippen LogP contribution in [0.1, 0.15) is 67.2 Å². The molecule has 0 unspecified atom stereocenters. The van der Waals surface area contributed by atoms with Crippen LogP contribution in [0.5, 0.6) is 0 Å². The van der Waals surface area contributed by atoms with E-state index < -0.39 is 34.3 Å². The minimum atomic E-state index is -1.47. The molecule has 0 saturated carbocycles. The number of aliphatic hydroxyl groups excluding tert-OH is 2. The van der Waals surface area contributed by atoms with Gasteiger partial charge in [-0.25, -0.2) is 0 Å². The maximum atomic E-state index is 13.3. The monoisotopic (exact) mass is 374 g/mol. The van der Waals surface area contributed by atoms with E-state index in [1.807, 2.05) is 27.7 Å². The molecule has 0 radical (unpaired) electrons. The van der Waals surface area contributed by atoms with Crippen molar-refractivity contribution in [2.75, 3.05) is 0 Å². The van der Waals surface area contributed by atoms with Gasteiger partial charge in [0.1, 0.15) is 17.1 Å². The molecule has 0 atom stereocenters. The normalized spacial score (nSPS) is 16.3. The van der Waals surface area contributed by atoms with Gasteiger partial charge in [0.2, 0.25) is 0 Å². The first-order valence-electron chi connectivity index (χ1n) is 9.28. The predicted molar refractivity (Wildman–Crippen MR) is 105 cm³/mol. The number of aliphatic hydroxyl groups is 2. The molecule has 0 amide bonds. The molecule has 2 N–H and O–H groups in total. The van der Waals surface area contributed by atoms with E-state index in [-0.39, 0.29) is 36.8 Å². The zero-order valence-electron chi connectivity index (χ0n) is 17.1. The Balaban J connectivity index is 3.87. The van der Waals surface area contributed by atoms with E-state index in [0.717, 1.165) is 11.1 Å². The van der Waals surface area contributed by atoms with Gasteiger partial charge in [-0.05, 0) is 40.5 Å². The van der Waals surface area contributed by atoms with E-state index in [1.54, 1.807) is 26.0 Å².